The number of hydrogen-bond donors (Lipinski definition) is 0. The van der Waals surface area contributed by atoms with E-state index in [1.54, 1.807) is 49.4 Å². The Morgan fingerprint density at radius 2 is 1.83 bits per heavy atom. The van der Waals surface area contributed by atoms with Gasteiger partial charge in [-0.1, -0.05) is 30.3 Å². The number of methoxy groups -OCH3 is 1. The number of benzene rings is 2. The number of aryl methyl sites for hydroxylation is 1. The summed E-state index contributed by atoms with van der Waals surface area (Å²) in [4.78, 5) is 41.8. The number of pyridine rings is 1. The summed E-state index contributed by atoms with van der Waals surface area (Å²) >= 11 is 0. The van der Waals surface area contributed by atoms with Gasteiger partial charge in [0, 0.05) is 16.5 Å². The van der Waals surface area contributed by atoms with Crippen molar-refractivity contribution in [1.29, 1.82) is 0 Å². The van der Waals surface area contributed by atoms with E-state index in [2.05, 4.69) is 4.98 Å². The van der Waals surface area contributed by atoms with Crippen LogP contribution in [-0.2, 0) is 4.74 Å². The molecule has 0 aliphatic heterocycles. The van der Waals surface area contributed by atoms with Gasteiger partial charge in [0.1, 0.15) is 5.56 Å². The summed E-state index contributed by atoms with van der Waals surface area (Å²) in [5, 5.41) is 1.15. The Morgan fingerprint density at radius 1 is 1.03 bits per heavy atom. The Labute approximate surface area is 170 Å². The Morgan fingerprint density at radius 3 is 2.63 bits per heavy atom. The highest BCUT2D eigenvalue weighted by Gasteiger charge is 2.19. The molecule has 150 valence electrons. The number of hydrogen-bond acceptors (Lipinski definition) is 7. The molecule has 0 saturated heterocycles. The molecule has 0 amide bonds. The van der Waals surface area contributed by atoms with Gasteiger partial charge in [0.05, 0.1) is 18.2 Å². The van der Waals surface area contributed by atoms with Gasteiger partial charge < -0.3 is 13.9 Å². The Balaban J connectivity index is 1.59. The van der Waals surface area contributed by atoms with Crippen molar-refractivity contribution in [2.45, 2.75) is 6.92 Å². The Kier molecular flexibility index (Phi) is 5.02. The van der Waals surface area contributed by atoms with Crippen LogP contribution in [0, 0.1) is 6.92 Å². The zero-order chi connectivity index (χ0) is 21.3. The minimum Gasteiger partial charge on any atom is -0.493 e. The van der Waals surface area contributed by atoms with Gasteiger partial charge in [-0.15, -0.1) is 0 Å². The number of para-hydroxylation sites is 2. The lowest BCUT2D eigenvalue weighted by Crippen LogP contribution is -2.20. The van der Waals surface area contributed by atoms with Crippen molar-refractivity contribution in [2.24, 2.45) is 0 Å². The Hall–Kier alpha value is -4.00. The quantitative estimate of drug-likeness (QED) is 0.285. The number of carbonyl (C=O) groups excluding carboxylic acids is 2. The van der Waals surface area contributed by atoms with Gasteiger partial charge in [-0.2, -0.15) is 0 Å². The molecule has 2 aromatic carbocycles. The number of aromatic nitrogens is 1. The van der Waals surface area contributed by atoms with Gasteiger partial charge in [0.2, 0.25) is 5.78 Å². The first-order chi connectivity index (χ1) is 14.5. The summed E-state index contributed by atoms with van der Waals surface area (Å²) in [5.74, 6) is -0.941. The molecule has 0 spiro atoms. The smallest absolute Gasteiger partial charge is 0.347 e. The lowest BCUT2D eigenvalue weighted by molar-refractivity contribution is 0.0475. The van der Waals surface area contributed by atoms with Crippen LogP contribution in [0.4, 0.5) is 0 Å². The molecule has 0 aliphatic rings. The first kappa shape index (κ1) is 19.3. The fourth-order valence-electron chi connectivity index (χ4n) is 3.24. The van der Waals surface area contributed by atoms with Crippen molar-refractivity contribution >= 4 is 33.6 Å². The van der Waals surface area contributed by atoms with E-state index in [1.165, 1.54) is 13.2 Å². The molecule has 4 aromatic rings. The first-order valence-corrected chi connectivity index (χ1v) is 9.15. The zero-order valence-corrected chi connectivity index (χ0v) is 16.3. The second-order valence-corrected chi connectivity index (χ2v) is 6.65. The lowest BCUT2D eigenvalue weighted by Gasteiger charge is -2.08. The molecule has 30 heavy (non-hydrogen) atoms. The van der Waals surface area contributed by atoms with Gasteiger partial charge in [-0.25, -0.2) is 9.59 Å². The van der Waals surface area contributed by atoms with E-state index in [9.17, 15) is 14.4 Å². The number of carbonyl (C=O) groups is 2. The molecule has 7 nitrogen and oxygen atoms in total. The second kappa shape index (κ2) is 7.79. The molecule has 0 radical (unpaired) electrons. The van der Waals surface area contributed by atoms with E-state index < -0.39 is 24.0 Å². The molecule has 0 fully saturated rings. The minimum atomic E-state index is -0.821. The van der Waals surface area contributed by atoms with Crippen molar-refractivity contribution in [2.75, 3.05) is 13.7 Å². The largest absolute Gasteiger partial charge is 0.493 e. The van der Waals surface area contributed by atoms with Crippen LogP contribution in [0.3, 0.4) is 0 Å². The van der Waals surface area contributed by atoms with E-state index >= 15 is 0 Å². The van der Waals surface area contributed by atoms with E-state index in [-0.39, 0.29) is 11.1 Å². The maximum absolute atomic E-state index is 12.6. The van der Waals surface area contributed by atoms with Gasteiger partial charge in [-0.3, -0.25) is 9.78 Å². The van der Waals surface area contributed by atoms with Crippen LogP contribution in [0.1, 0.15) is 26.4 Å². The first-order valence-electron chi connectivity index (χ1n) is 9.15. The van der Waals surface area contributed by atoms with E-state index in [0.29, 0.717) is 33.3 Å². The summed E-state index contributed by atoms with van der Waals surface area (Å²) in [6.45, 7) is 1.18. The Bertz CT molecular complexity index is 1360. The van der Waals surface area contributed by atoms with Crippen LogP contribution in [0.5, 0.6) is 5.75 Å². The predicted octanol–water partition coefficient (Wildman–Crippen LogP) is 3.70. The summed E-state index contributed by atoms with van der Waals surface area (Å²) in [6.07, 6.45) is 0. The molecular weight excluding hydrogens is 386 g/mol. The maximum atomic E-state index is 12.6. The van der Waals surface area contributed by atoms with Crippen molar-refractivity contribution < 1.29 is 23.5 Å². The number of esters is 1. The van der Waals surface area contributed by atoms with Crippen LogP contribution < -0.4 is 10.4 Å². The van der Waals surface area contributed by atoms with E-state index in [4.69, 9.17) is 13.9 Å². The molecule has 0 saturated carbocycles. The van der Waals surface area contributed by atoms with Crippen molar-refractivity contribution in [3.63, 3.8) is 0 Å². The van der Waals surface area contributed by atoms with Gasteiger partial charge in [0.15, 0.2) is 17.9 Å². The molecule has 0 aliphatic carbocycles. The fourth-order valence-corrected chi connectivity index (χ4v) is 3.24. The summed E-state index contributed by atoms with van der Waals surface area (Å²) in [7, 11) is 1.46. The van der Waals surface area contributed by atoms with Crippen molar-refractivity contribution in [1.82, 2.24) is 4.98 Å². The molecule has 2 heterocycles. The minimum absolute atomic E-state index is 0.195. The molecule has 0 N–H and O–H groups in total. The molecule has 2 aromatic heterocycles. The van der Waals surface area contributed by atoms with Crippen LogP contribution in [0.15, 0.2) is 63.8 Å². The highest BCUT2D eigenvalue weighted by Crippen LogP contribution is 2.24. The van der Waals surface area contributed by atoms with Gasteiger partial charge in [0.25, 0.3) is 0 Å². The van der Waals surface area contributed by atoms with Crippen LogP contribution in [-0.4, -0.2) is 30.5 Å². The van der Waals surface area contributed by atoms with Crippen molar-refractivity contribution in [3.8, 4) is 5.75 Å². The molecule has 0 unspecified atom stereocenters. The highest BCUT2D eigenvalue weighted by atomic mass is 16.5. The van der Waals surface area contributed by atoms with Gasteiger partial charge >= 0.3 is 11.6 Å². The lowest BCUT2D eigenvalue weighted by atomic mass is 10.1. The SMILES string of the molecule is COc1cccc2cc(C(=O)COC(=O)c3cc(C)nc4ccccc34)c(=O)oc12. The number of rotatable bonds is 5. The summed E-state index contributed by atoms with van der Waals surface area (Å²) in [6, 6.07) is 15.2. The van der Waals surface area contributed by atoms with Crippen molar-refractivity contribution in [3.05, 3.63) is 81.8 Å². The predicted molar refractivity (Wildman–Crippen MR) is 110 cm³/mol. The number of nitrogens with zero attached hydrogens (tertiary/aromatic N) is 1. The third-order valence-corrected chi connectivity index (χ3v) is 4.64. The number of ketones is 1. The standard InChI is InChI=1S/C23H17NO6/c1-13-10-16(15-7-3-4-8-18(15)24-13)22(26)29-12-19(25)17-11-14-6-5-9-20(28-2)21(14)30-23(17)27/h3-11H,12H2,1-2H3. The zero-order valence-electron chi connectivity index (χ0n) is 16.3. The monoisotopic (exact) mass is 403 g/mol. The molecule has 0 bridgehead atoms. The maximum Gasteiger partial charge on any atom is 0.347 e. The third-order valence-electron chi connectivity index (χ3n) is 4.64. The van der Waals surface area contributed by atoms with Crippen LogP contribution >= 0.6 is 0 Å². The fraction of sp³-hybridized carbons (Fsp3) is 0.130. The number of fused-ring (bicyclic) bond motifs is 2. The normalized spacial score (nSPS) is 10.9. The molecule has 4 rings (SSSR count). The second-order valence-electron chi connectivity index (χ2n) is 6.65. The highest BCUT2D eigenvalue weighted by molar-refractivity contribution is 6.05. The summed E-state index contributed by atoms with van der Waals surface area (Å²) < 4.78 is 15.6. The van der Waals surface area contributed by atoms with Crippen LogP contribution in [0.2, 0.25) is 0 Å². The summed E-state index contributed by atoms with van der Waals surface area (Å²) in [5.41, 5.74) is 0.840. The number of ether oxygens (including phenoxy) is 2. The molecule has 7 heteroatoms. The molecular formula is C23H17NO6. The van der Waals surface area contributed by atoms with E-state index in [0.717, 1.165) is 0 Å². The van der Waals surface area contributed by atoms with Crippen LogP contribution in [0.25, 0.3) is 21.9 Å². The van der Waals surface area contributed by atoms with Gasteiger partial charge in [-0.05, 0) is 31.2 Å². The third kappa shape index (κ3) is 3.53. The number of Topliss-reactive ketones (excluding diaryl/α,β-unsaturated/α-hetero) is 1. The van der Waals surface area contributed by atoms with E-state index in [1.807, 2.05) is 6.07 Å². The topological polar surface area (TPSA) is 95.7 Å². The average Bonchev–Trinajstić information content (AvgIpc) is 2.75. The average molecular weight is 403 g/mol. The molecule has 0 atom stereocenters.